The number of hydrogen-bond acceptors (Lipinski definition) is 4. The van der Waals surface area contributed by atoms with Crippen LogP contribution in [0.1, 0.15) is 18.4 Å². The van der Waals surface area contributed by atoms with Gasteiger partial charge in [0.1, 0.15) is 5.82 Å². The second-order valence-corrected chi connectivity index (χ2v) is 4.96. The van der Waals surface area contributed by atoms with Gasteiger partial charge in [-0.15, -0.1) is 0 Å². The molecule has 2 heterocycles. The quantitative estimate of drug-likeness (QED) is 0.854. The van der Waals surface area contributed by atoms with Crippen molar-refractivity contribution in [1.29, 1.82) is 0 Å². The minimum Gasteiger partial charge on any atom is -0.383 e. The molecule has 0 aromatic carbocycles. The van der Waals surface area contributed by atoms with Gasteiger partial charge in [-0.1, -0.05) is 6.07 Å². The number of nitrogens with zero attached hydrogens (tertiary/aromatic N) is 1. The van der Waals surface area contributed by atoms with E-state index in [0.717, 1.165) is 42.6 Å². The van der Waals surface area contributed by atoms with Gasteiger partial charge in [0, 0.05) is 36.0 Å². The first-order valence-electron chi connectivity index (χ1n) is 5.25. The topological polar surface area (TPSA) is 48.1 Å². The molecule has 0 radical (unpaired) electrons. The number of nitrogen functional groups attached to an aromatic ring is 1. The van der Waals surface area contributed by atoms with Crippen LogP contribution in [0.5, 0.6) is 0 Å². The van der Waals surface area contributed by atoms with Crippen molar-refractivity contribution in [3.8, 4) is 0 Å². The predicted molar refractivity (Wildman–Crippen MR) is 63.8 cm³/mol. The third-order valence-corrected chi connectivity index (χ3v) is 3.99. The van der Waals surface area contributed by atoms with Crippen LogP contribution in [0.2, 0.25) is 0 Å². The van der Waals surface area contributed by atoms with Crippen LogP contribution in [-0.2, 0) is 10.5 Å². The van der Waals surface area contributed by atoms with Crippen LogP contribution in [-0.4, -0.2) is 23.4 Å². The van der Waals surface area contributed by atoms with Crippen molar-refractivity contribution in [2.45, 2.75) is 23.8 Å². The Hall–Kier alpha value is -0.740. The van der Waals surface area contributed by atoms with E-state index in [9.17, 15) is 0 Å². The number of pyridine rings is 1. The zero-order chi connectivity index (χ0) is 10.5. The van der Waals surface area contributed by atoms with E-state index in [1.54, 1.807) is 6.20 Å². The molecular formula is C11H16N2OS. The molecule has 4 heteroatoms. The van der Waals surface area contributed by atoms with Crippen LogP contribution in [0.25, 0.3) is 0 Å². The molecule has 1 aliphatic rings. The van der Waals surface area contributed by atoms with Crippen LogP contribution < -0.4 is 5.73 Å². The van der Waals surface area contributed by atoms with Gasteiger partial charge in [0.15, 0.2) is 0 Å². The maximum Gasteiger partial charge on any atom is 0.127 e. The summed E-state index contributed by atoms with van der Waals surface area (Å²) >= 11 is 1.96. The second-order valence-electron chi connectivity index (χ2n) is 3.67. The standard InChI is InChI=1S/C11H16N2OS/c12-11-9(2-1-5-13-11)8-15-10-3-6-14-7-4-10/h1-2,5,10H,3-4,6-8H2,(H2,12,13). The Balaban J connectivity index is 1.84. The van der Waals surface area contributed by atoms with Crippen LogP contribution in [0.3, 0.4) is 0 Å². The average molecular weight is 224 g/mol. The van der Waals surface area contributed by atoms with E-state index >= 15 is 0 Å². The largest absolute Gasteiger partial charge is 0.383 e. The first kappa shape index (κ1) is 10.8. The summed E-state index contributed by atoms with van der Waals surface area (Å²) in [6.45, 7) is 1.81. The molecule has 3 nitrogen and oxygen atoms in total. The third-order valence-electron chi connectivity index (χ3n) is 2.57. The maximum atomic E-state index is 5.79. The van der Waals surface area contributed by atoms with Gasteiger partial charge in [-0.25, -0.2) is 4.98 Å². The summed E-state index contributed by atoms with van der Waals surface area (Å²) in [6.07, 6.45) is 4.05. The highest BCUT2D eigenvalue weighted by Crippen LogP contribution is 2.26. The Morgan fingerprint density at radius 2 is 2.27 bits per heavy atom. The Morgan fingerprint density at radius 3 is 3.00 bits per heavy atom. The minimum atomic E-state index is 0.664. The average Bonchev–Trinajstić information content (AvgIpc) is 2.29. The van der Waals surface area contributed by atoms with Gasteiger partial charge < -0.3 is 10.5 Å². The van der Waals surface area contributed by atoms with Crippen molar-refractivity contribution in [2.24, 2.45) is 0 Å². The number of anilines is 1. The van der Waals surface area contributed by atoms with E-state index < -0.39 is 0 Å². The van der Waals surface area contributed by atoms with Crippen LogP contribution in [0, 0.1) is 0 Å². The molecule has 15 heavy (non-hydrogen) atoms. The molecule has 1 aliphatic heterocycles. The van der Waals surface area contributed by atoms with Gasteiger partial charge >= 0.3 is 0 Å². The zero-order valence-electron chi connectivity index (χ0n) is 8.69. The second kappa shape index (κ2) is 5.37. The summed E-state index contributed by atoms with van der Waals surface area (Å²) in [5.41, 5.74) is 6.93. The Morgan fingerprint density at radius 1 is 1.47 bits per heavy atom. The molecule has 0 bridgehead atoms. The lowest BCUT2D eigenvalue weighted by Gasteiger charge is -2.21. The number of ether oxygens (including phenoxy) is 1. The Kier molecular flexibility index (Phi) is 3.86. The van der Waals surface area contributed by atoms with Crippen LogP contribution >= 0.6 is 11.8 Å². The van der Waals surface area contributed by atoms with E-state index in [4.69, 9.17) is 10.5 Å². The maximum absolute atomic E-state index is 5.79. The number of thioether (sulfide) groups is 1. The van der Waals surface area contributed by atoms with E-state index in [-0.39, 0.29) is 0 Å². The molecule has 0 saturated carbocycles. The summed E-state index contributed by atoms with van der Waals surface area (Å²) in [4.78, 5) is 4.08. The normalized spacial score (nSPS) is 17.9. The van der Waals surface area contributed by atoms with Crippen molar-refractivity contribution in [3.63, 3.8) is 0 Å². The molecule has 0 amide bonds. The van der Waals surface area contributed by atoms with Crippen molar-refractivity contribution in [2.75, 3.05) is 18.9 Å². The van der Waals surface area contributed by atoms with E-state index in [0.29, 0.717) is 5.82 Å². The number of hydrogen-bond donors (Lipinski definition) is 1. The van der Waals surface area contributed by atoms with Gasteiger partial charge in [0.25, 0.3) is 0 Å². The molecular weight excluding hydrogens is 208 g/mol. The van der Waals surface area contributed by atoms with Crippen LogP contribution in [0.15, 0.2) is 18.3 Å². The highest BCUT2D eigenvalue weighted by molar-refractivity contribution is 7.99. The molecule has 1 saturated heterocycles. The van der Waals surface area contributed by atoms with Crippen molar-refractivity contribution in [1.82, 2.24) is 4.98 Å². The van der Waals surface area contributed by atoms with Crippen LogP contribution in [0.4, 0.5) is 5.82 Å². The lowest BCUT2D eigenvalue weighted by Crippen LogP contribution is -2.17. The SMILES string of the molecule is Nc1ncccc1CSC1CCOCC1. The first-order valence-corrected chi connectivity index (χ1v) is 6.30. The summed E-state index contributed by atoms with van der Waals surface area (Å²) in [7, 11) is 0. The molecule has 0 unspecified atom stereocenters. The smallest absolute Gasteiger partial charge is 0.127 e. The third kappa shape index (κ3) is 3.11. The summed E-state index contributed by atoms with van der Waals surface area (Å²) < 4.78 is 5.33. The van der Waals surface area contributed by atoms with E-state index in [2.05, 4.69) is 11.1 Å². The highest BCUT2D eigenvalue weighted by Gasteiger charge is 2.14. The fraction of sp³-hybridized carbons (Fsp3) is 0.545. The lowest BCUT2D eigenvalue weighted by atomic mass is 10.2. The summed E-state index contributed by atoms with van der Waals surface area (Å²) in [6, 6.07) is 3.99. The van der Waals surface area contributed by atoms with Gasteiger partial charge in [-0.05, 0) is 18.9 Å². The Labute approximate surface area is 94.4 Å². The molecule has 0 aliphatic carbocycles. The van der Waals surface area contributed by atoms with E-state index in [1.165, 1.54) is 0 Å². The Bertz CT molecular complexity index is 313. The van der Waals surface area contributed by atoms with Crippen molar-refractivity contribution >= 4 is 17.6 Å². The molecule has 2 N–H and O–H groups in total. The van der Waals surface area contributed by atoms with Crippen molar-refractivity contribution in [3.05, 3.63) is 23.9 Å². The first-order chi connectivity index (χ1) is 7.36. The fourth-order valence-corrected chi connectivity index (χ4v) is 2.81. The number of nitrogens with two attached hydrogens (primary N) is 1. The molecule has 0 spiro atoms. The van der Waals surface area contributed by atoms with Gasteiger partial charge in [0.2, 0.25) is 0 Å². The fourth-order valence-electron chi connectivity index (χ4n) is 1.62. The molecule has 2 rings (SSSR count). The molecule has 1 aromatic heterocycles. The van der Waals surface area contributed by atoms with Gasteiger partial charge in [-0.2, -0.15) is 11.8 Å². The zero-order valence-corrected chi connectivity index (χ0v) is 9.50. The predicted octanol–water partition coefficient (Wildman–Crippen LogP) is 2.08. The molecule has 0 atom stereocenters. The lowest BCUT2D eigenvalue weighted by molar-refractivity contribution is 0.1000. The monoisotopic (exact) mass is 224 g/mol. The van der Waals surface area contributed by atoms with Gasteiger partial charge in [-0.3, -0.25) is 0 Å². The summed E-state index contributed by atoms with van der Waals surface area (Å²) in [5, 5.41) is 0.721. The number of rotatable bonds is 3. The molecule has 82 valence electrons. The minimum absolute atomic E-state index is 0.664. The van der Waals surface area contributed by atoms with Crippen molar-refractivity contribution < 1.29 is 4.74 Å². The summed E-state index contributed by atoms with van der Waals surface area (Å²) in [5.74, 6) is 1.63. The van der Waals surface area contributed by atoms with E-state index in [1.807, 2.05) is 17.8 Å². The van der Waals surface area contributed by atoms with Gasteiger partial charge in [0.05, 0.1) is 0 Å². The molecule has 1 aromatic rings. The molecule has 1 fully saturated rings. The number of aromatic nitrogens is 1. The highest BCUT2D eigenvalue weighted by atomic mass is 32.2.